The summed E-state index contributed by atoms with van der Waals surface area (Å²) in [5.41, 5.74) is 2.18. The first-order valence-electron chi connectivity index (χ1n) is 5.07. The molecule has 0 radical (unpaired) electrons. The van der Waals surface area contributed by atoms with Crippen LogP contribution in [0.5, 0.6) is 0 Å². The number of halogens is 1. The zero-order chi connectivity index (χ0) is 11.4. The molecule has 5 heteroatoms. The van der Waals surface area contributed by atoms with Gasteiger partial charge in [0, 0.05) is 4.47 Å². The summed E-state index contributed by atoms with van der Waals surface area (Å²) >= 11 is 3.55. The molecule has 0 aliphatic heterocycles. The van der Waals surface area contributed by atoms with E-state index in [0.717, 1.165) is 16.6 Å². The molecule has 1 unspecified atom stereocenters. The minimum Gasteiger partial charge on any atom is -0.311 e. The summed E-state index contributed by atoms with van der Waals surface area (Å²) in [6.07, 6.45) is 2.63. The number of H-pyrrole nitrogens is 1. The lowest BCUT2D eigenvalue weighted by Crippen LogP contribution is -2.19. The van der Waals surface area contributed by atoms with Gasteiger partial charge in [0.2, 0.25) is 0 Å². The van der Waals surface area contributed by atoms with Crippen molar-refractivity contribution < 1.29 is 0 Å². The van der Waals surface area contributed by atoms with Crippen LogP contribution < -0.4 is 5.32 Å². The molecule has 0 amide bonds. The molecule has 0 saturated heterocycles. The van der Waals surface area contributed by atoms with Crippen molar-refractivity contribution in [3.63, 3.8) is 0 Å². The molecule has 0 spiro atoms. The van der Waals surface area contributed by atoms with Crippen LogP contribution in [0, 0.1) is 0 Å². The van der Waals surface area contributed by atoms with Crippen molar-refractivity contribution in [2.75, 3.05) is 7.05 Å². The van der Waals surface area contributed by atoms with Gasteiger partial charge in [-0.25, -0.2) is 0 Å². The smallest absolute Gasteiger partial charge is 0.0997 e. The van der Waals surface area contributed by atoms with Crippen LogP contribution in [0.15, 0.2) is 34.9 Å². The molecule has 16 heavy (non-hydrogen) atoms. The van der Waals surface area contributed by atoms with E-state index in [2.05, 4.69) is 42.7 Å². The second-order valence-electron chi connectivity index (χ2n) is 3.53. The van der Waals surface area contributed by atoms with Crippen molar-refractivity contribution >= 4 is 15.9 Å². The number of nitrogens with zero attached hydrogens (tertiary/aromatic N) is 2. The van der Waals surface area contributed by atoms with Crippen molar-refractivity contribution in [3.8, 4) is 0 Å². The third kappa shape index (κ3) is 2.48. The molecule has 0 fully saturated rings. The molecule has 1 aromatic carbocycles. The molecular weight excluding hydrogens is 268 g/mol. The second-order valence-corrected chi connectivity index (χ2v) is 4.39. The fourth-order valence-electron chi connectivity index (χ4n) is 1.62. The summed E-state index contributed by atoms with van der Waals surface area (Å²) in [5.74, 6) is 0. The average molecular weight is 281 g/mol. The van der Waals surface area contributed by atoms with Gasteiger partial charge >= 0.3 is 0 Å². The normalized spacial score (nSPS) is 12.6. The summed E-state index contributed by atoms with van der Waals surface area (Å²) in [7, 11) is 1.93. The molecule has 2 rings (SSSR count). The van der Waals surface area contributed by atoms with Crippen molar-refractivity contribution in [2.24, 2.45) is 0 Å². The molecule has 1 aromatic heterocycles. The number of hydrogen-bond acceptors (Lipinski definition) is 3. The van der Waals surface area contributed by atoms with Gasteiger partial charge in [-0.05, 0) is 25.1 Å². The Kier molecular flexibility index (Phi) is 3.69. The van der Waals surface area contributed by atoms with Gasteiger partial charge < -0.3 is 5.32 Å². The van der Waals surface area contributed by atoms with E-state index in [9.17, 15) is 0 Å². The predicted molar refractivity (Wildman–Crippen MR) is 66.0 cm³/mol. The Morgan fingerprint density at radius 1 is 1.44 bits per heavy atom. The Hall–Kier alpha value is -1.20. The highest BCUT2D eigenvalue weighted by molar-refractivity contribution is 9.10. The van der Waals surface area contributed by atoms with E-state index in [4.69, 9.17) is 0 Å². The first kappa shape index (κ1) is 11.3. The average Bonchev–Trinajstić information content (AvgIpc) is 2.81. The number of hydrogen-bond donors (Lipinski definition) is 2. The molecular formula is C11H13BrN4. The lowest BCUT2D eigenvalue weighted by atomic mass is 10.0. The molecule has 0 saturated carbocycles. The van der Waals surface area contributed by atoms with Crippen LogP contribution in [-0.4, -0.2) is 22.5 Å². The number of rotatable bonds is 4. The van der Waals surface area contributed by atoms with Gasteiger partial charge in [0.05, 0.1) is 17.9 Å². The van der Waals surface area contributed by atoms with Gasteiger partial charge in [0.25, 0.3) is 0 Å². The van der Waals surface area contributed by atoms with Crippen molar-refractivity contribution in [1.82, 2.24) is 20.7 Å². The number of likely N-dealkylation sites (N-methyl/N-ethyl adjacent to an activating group) is 1. The van der Waals surface area contributed by atoms with E-state index in [-0.39, 0.29) is 6.04 Å². The van der Waals surface area contributed by atoms with Crippen LogP contribution in [-0.2, 0) is 6.42 Å². The summed E-state index contributed by atoms with van der Waals surface area (Å²) in [6, 6.07) is 8.38. The SMILES string of the molecule is CNC(Cc1ccccc1Br)c1cn[nH]n1. The Labute approximate surface area is 103 Å². The maximum atomic E-state index is 4.10. The lowest BCUT2D eigenvalue weighted by molar-refractivity contribution is 0.573. The highest BCUT2D eigenvalue weighted by Crippen LogP contribution is 2.22. The Bertz CT molecular complexity index is 441. The molecule has 4 nitrogen and oxygen atoms in total. The zero-order valence-corrected chi connectivity index (χ0v) is 10.5. The number of nitrogens with one attached hydrogen (secondary N) is 2. The van der Waals surface area contributed by atoms with E-state index in [1.807, 2.05) is 25.2 Å². The summed E-state index contributed by atoms with van der Waals surface area (Å²) in [6.45, 7) is 0. The maximum Gasteiger partial charge on any atom is 0.0997 e. The van der Waals surface area contributed by atoms with E-state index >= 15 is 0 Å². The van der Waals surface area contributed by atoms with Gasteiger partial charge in [-0.2, -0.15) is 15.4 Å². The number of aromatic amines is 1. The monoisotopic (exact) mass is 280 g/mol. The molecule has 1 heterocycles. The minimum absolute atomic E-state index is 0.178. The Balaban J connectivity index is 2.17. The van der Waals surface area contributed by atoms with E-state index in [1.165, 1.54) is 5.56 Å². The van der Waals surface area contributed by atoms with Crippen LogP contribution in [0.25, 0.3) is 0 Å². The fourth-order valence-corrected chi connectivity index (χ4v) is 2.06. The van der Waals surface area contributed by atoms with Crippen LogP contribution >= 0.6 is 15.9 Å². The molecule has 2 aromatic rings. The summed E-state index contributed by atoms with van der Waals surface area (Å²) < 4.78 is 1.12. The van der Waals surface area contributed by atoms with E-state index in [1.54, 1.807) is 6.20 Å². The molecule has 0 bridgehead atoms. The summed E-state index contributed by atoms with van der Waals surface area (Å²) in [4.78, 5) is 0. The molecule has 84 valence electrons. The van der Waals surface area contributed by atoms with Gasteiger partial charge in [0.15, 0.2) is 0 Å². The van der Waals surface area contributed by atoms with Crippen molar-refractivity contribution in [2.45, 2.75) is 12.5 Å². The van der Waals surface area contributed by atoms with Crippen LogP contribution in [0.3, 0.4) is 0 Å². The fraction of sp³-hybridized carbons (Fsp3) is 0.273. The topological polar surface area (TPSA) is 53.6 Å². The van der Waals surface area contributed by atoms with Crippen molar-refractivity contribution in [3.05, 3.63) is 46.2 Å². The first-order chi connectivity index (χ1) is 7.81. The zero-order valence-electron chi connectivity index (χ0n) is 8.94. The quantitative estimate of drug-likeness (QED) is 0.902. The third-order valence-corrected chi connectivity index (χ3v) is 3.29. The molecule has 0 aliphatic rings. The van der Waals surface area contributed by atoms with Gasteiger partial charge in [-0.1, -0.05) is 34.1 Å². The van der Waals surface area contributed by atoms with E-state index < -0.39 is 0 Å². The van der Waals surface area contributed by atoms with Gasteiger partial charge in [0.1, 0.15) is 0 Å². The van der Waals surface area contributed by atoms with Crippen LogP contribution in [0.2, 0.25) is 0 Å². The summed E-state index contributed by atoms with van der Waals surface area (Å²) in [5, 5.41) is 13.8. The van der Waals surface area contributed by atoms with Crippen LogP contribution in [0.4, 0.5) is 0 Å². The predicted octanol–water partition coefficient (Wildman–Crippen LogP) is 2.07. The number of aromatic nitrogens is 3. The van der Waals surface area contributed by atoms with Crippen molar-refractivity contribution in [1.29, 1.82) is 0 Å². The van der Waals surface area contributed by atoms with Gasteiger partial charge in [-0.15, -0.1) is 0 Å². The highest BCUT2D eigenvalue weighted by atomic mass is 79.9. The van der Waals surface area contributed by atoms with E-state index in [0.29, 0.717) is 0 Å². The largest absolute Gasteiger partial charge is 0.311 e. The molecule has 0 aliphatic carbocycles. The molecule has 2 N–H and O–H groups in total. The second kappa shape index (κ2) is 5.23. The lowest BCUT2D eigenvalue weighted by Gasteiger charge is -2.14. The first-order valence-corrected chi connectivity index (χ1v) is 5.87. The maximum absolute atomic E-state index is 4.10. The minimum atomic E-state index is 0.178. The van der Waals surface area contributed by atoms with Gasteiger partial charge in [-0.3, -0.25) is 0 Å². The highest BCUT2D eigenvalue weighted by Gasteiger charge is 2.13. The Morgan fingerprint density at radius 2 is 2.25 bits per heavy atom. The Morgan fingerprint density at radius 3 is 2.88 bits per heavy atom. The standard InChI is InChI=1S/C11H13BrN4/c1-13-10(11-7-14-16-15-11)6-8-4-2-3-5-9(8)12/h2-5,7,10,13H,6H2,1H3,(H,14,15,16). The molecule has 1 atom stereocenters. The van der Waals surface area contributed by atoms with Crippen LogP contribution in [0.1, 0.15) is 17.3 Å². The number of benzene rings is 1. The third-order valence-electron chi connectivity index (χ3n) is 2.52.